The molecule has 0 aromatic carbocycles. The maximum atomic E-state index is 11.8. The minimum Gasteiger partial charge on any atom is -0.389 e. The topological polar surface area (TPSA) is 84.2 Å². The second-order valence-electron chi connectivity index (χ2n) is 4.78. The van der Waals surface area contributed by atoms with Crippen molar-refractivity contribution >= 4 is 5.91 Å². The summed E-state index contributed by atoms with van der Waals surface area (Å²) in [7, 11) is 0. The van der Waals surface area contributed by atoms with Gasteiger partial charge in [-0.3, -0.25) is 9.59 Å². The van der Waals surface area contributed by atoms with E-state index in [-0.39, 0.29) is 17.8 Å². The first kappa shape index (κ1) is 14.4. The minimum absolute atomic E-state index is 0.125. The summed E-state index contributed by atoms with van der Waals surface area (Å²) in [6, 6.07) is 2.70. The standard InChI is InChI=1S/C12H19N3O3/c1-4-7-15-10(16)6-5-9(14-15)11(17)13-8-12(2,3)18/h5-6,18H,4,7-8H2,1-3H3,(H,13,17). The third kappa shape index (κ3) is 4.29. The molecule has 2 N–H and O–H groups in total. The van der Waals surface area contributed by atoms with Gasteiger partial charge in [0.25, 0.3) is 11.5 Å². The minimum atomic E-state index is -0.979. The van der Waals surface area contributed by atoms with Crippen molar-refractivity contribution in [3.8, 4) is 0 Å². The third-order valence-corrected chi connectivity index (χ3v) is 2.22. The van der Waals surface area contributed by atoms with Gasteiger partial charge in [0.15, 0.2) is 0 Å². The average molecular weight is 253 g/mol. The Labute approximate surface area is 106 Å². The van der Waals surface area contributed by atoms with E-state index in [4.69, 9.17) is 0 Å². The van der Waals surface area contributed by atoms with Crippen LogP contribution in [0.3, 0.4) is 0 Å². The van der Waals surface area contributed by atoms with Gasteiger partial charge in [0, 0.05) is 19.2 Å². The van der Waals surface area contributed by atoms with Gasteiger partial charge in [0.05, 0.1) is 5.60 Å². The van der Waals surface area contributed by atoms with E-state index in [1.807, 2.05) is 6.92 Å². The van der Waals surface area contributed by atoms with E-state index in [1.165, 1.54) is 16.8 Å². The van der Waals surface area contributed by atoms with E-state index in [2.05, 4.69) is 10.4 Å². The number of amides is 1. The highest BCUT2D eigenvalue weighted by atomic mass is 16.3. The average Bonchev–Trinajstić information content (AvgIpc) is 2.28. The summed E-state index contributed by atoms with van der Waals surface area (Å²) in [5, 5.41) is 16.0. The molecule has 6 nitrogen and oxygen atoms in total. The lowest BCUT2D eigenvalue weighted by Gasteiger charge is -2.17. The molecule has 0 saturated carbocycles. The van der Waals surface area contributed by atoms with Crippen LogP contribution in [0.15, 0.2) is 16.9 Å². The molecule has 0 spiro atoms. The van der Waals surface area contributed by atoms with Crippen molar-refractivity contribution in [2.24, 2.45) is 0 Å². The predicted molar refractivity (Wildman–Crippen MR) is 67.4 cm³/mol. The van der Waals surface area contributed by atoms with E-state index in [0.717, 1.165) is 6.42 Å². The maximum absolute atomic E-state index is 11.8. The van der Waals surface area contributed by atoms with E-state index in [9.17, 15) is 14.7 Å². The smallest absolute Gasteiger partial charge is 0.271 e. The molecule has 0 aliphatic heterocycles. The fraction of sp³-hybridized carbons (Fsp3) is 0.583. The van der Waals surface area contributed by atoms with Crippen LogP contribution in [-0.4, -0.2) is 32.9 Å². The van der Waals surface area contributed by atoms with Gasteiger partial charge in [-0.25, -0.2) is 4.68 Å². The lowest BCUT2D eigenvalue weighted by atomic mass is 10.1. The first-order chi connectivity index (χ1) is 8.33. The number of carbonyl (C=O) groups excluding carboxylic acids is 1. The number of hydrogen-bond donors (Lipinski definition) is 2. The predicted octanol–water partition coefficient (Wildman–Crippen LogP) is 0.154. The van der Waals surface area contributed by atoms with Crippen molar-refractivity contribution in [1.29, 1.82) is 0 Å². The van der Waals surface area contributed by atoms with Crippen LogP contribution in [-0.2, 0) is 6.54 Å². The van der Waals surface area contributed by atoms with Crippen LogP contribution in [0.2, 0.25) is 0 Å². The Morgan fingerprint density at radius 2 is 2.17 bits per heavy atom. The zero-order chi connectivity index (χ0) is 13.8. The molecule has 1 amide bonds. The Morgan fingerprint density at radius 1 is 1.50 bits per heavy atom. The Kier molecular flexibility index (Phi) is 4.61. The van der Waals surface area contributed by atoms with Gasteiger partial charge in [-0.2, -0.15) is 5.10 Å². The summed E-state index contributed by atoms with van der Waals surface area (Å²) < 4.78 is 1.26. The van der Waals surface area contributed by atoms with Crippen LogP contribution < -0.4 is 10.9 Å². The molecule has 0 fully saturated rings. The van der Waals surface area contributed by atoms with Gasteiger partial charge in [0.2, 0.25) is 0 Å². The van der Waals surface area contributed by atoms with Gasteiger partial charge < -0.3 is 10.4 Å². The summed E-state index contributed by atoms with van der Waals surface area (Å²) in [4.78, 5) is 23.2. The van der Waals surface area contributed by atoms with Crippen molar-refractivity contribution in [1.82, 2.24) is 15.1 Å². The monoisotopic (exact) mass is 253 g/mol. The molecule has 1 heterocycles. The SMILES string of the molecule is CCCn1nc(C(=O)NCC(C)(C)O)ccc1=O. The summed E-state index contributed by atoms with van der Waals surface area (Å²) in [5.74, 6) is -0.401. The molecule has 0 radical (unpaired) electrons. The highest BCUT2D eigenvalue weighted by Gasteiger charge is 2.16. The summed E-state index contributed by atoms with van der Waals surface area (Å²) in [6.45, 7) is 5.72. The van der Waals surface area contributed by atoms with Crippen molar-refractivity contribution in [2.45, 2.75) is 39.3 Å². The van der Waals surface area contributed by atoms with Gasteiger partial charge >= 0.3 is 0 Å². The molecule has 0 bridgehead atoms. The lowest BCUT2D eigenvalue weighted by molar-refractivity contribution is 0.0690. The number of aryl methyl sites for hydroxylation is 1. The molecule has 0 saturated heterocycles. The van der Waals surface area contributed by atoms with E-state index in [1.54, 1.807) is 13.8 Å². The van der Waals surface area contributed by atoms with Gasteiger partial charge in [-0.15, -0.1) is 0 Å². The van der Waals surface area contributed by atoms with Crippen LogP contribution in [0, 0.1) is 0 Å². The number of rotatable bonds is 5. The van der Waals surface area contributed by atoms with Crippen molar-refractivity contribution in [2.75, 3.05) is 6.54 Å². The van der Waals surface area contributed by atoms with Gasteiger partial charge in [-0.05, 0) is 26.3 Å². The fourth-order valence-electron chi connectivity index (χ4n) is 1.33. The number of carbonyl (C=O) groups is 1. The second-order valence-corrected chi connectivity index (χ2v) is 4.78. The largest absolute Gasteiger partial charge is 0.389 e. The van der Waals surface area contributed by atoms with Crippen LogP contribution in [0.4, 0.5) is 0 Å². The number of nitrogens with one attached hydrogen (secondary N) is 1. The molecule has 1 aromatic heterocycles. The first-order valence-electron chi connectivity index (χ1n) is 5.92. The molecule has 0 aliphatic carbocycles. The molecule has 1 aromatic rings. The van der Waals surface area contributed by atoms with Crippen LogP contribution in [0.25, 0.3) is 0 Å². The molecule has 0 aliphatic rings. The normalized spacial score (nSPS) is 11.3. The molecular formula is C12H19N3O3. The fourth-order valence-corrected chi connectivity index (χ4v) is 1.33. The van der Waals surface area contributed by atoms with E-state index < -0.39 is 11.5 Å². The summed E-state index contributed by atoms with van der Waals surface area (Å²) in [6.07, 6.45) is 0.766. The zero-order valence-electron chi connectivity index (χ0n) is 10.9. The third-order valence-electron chi connectivity index (χ3n) is 2.22. The molecular weight excluding hydrogens is 234 g/mol. The van der Waals surface area contributed by atoms with Gasteiger partial charge in [-0.1, -0.05) is 6.92 Å². The number of aromatic nitrogens is 2. The van der Waals surface area contributed by atoms with Crippen molar-refractivity contribution in [3.63, 3.8) is 0 Å². The van der Waals surface area contributed by atoms with Crippen molar-refractivity contribution in [3.05, 3.63) is 28.2 Å². The number of nitrogens with zero attached hydrogens (tertiary/aromatic N) is 2. The van der Waals surface area contributed by atoms with Crippen LogP contribution >= 0.6 is 0 Å². The van der Waals surface area contributed by atoms with E-state index in [0.29, 0.717) is 6.54 Å². The highest BCUT2D eigenvalue weighted by molar-refractivity contribution is 5.92. The van der Waals surface area contributed by atoms with Crippen molar-refractivity contribution < 1.29 is 9.90 Å². The first-order valence-corrected chi connectivity index (χ1v) is 5.92. The molecule has 6 heteroatoms. The highest BCUT2D eigenvalue weighted by Crippen LogP contribution is 1.99. The van der Waals surface area contributed by atoms with Crippen LogP contribution in [0.1, 0.15) is 37.7 Å². The molecule has 18 heavy (non-hydrogen) atoms. The molecule has 1 rings (SSSR count). The quantitative estimate of drug-likeness (QED) is 0.782. The Bertz CT molecular complexity index is 474. The Morgan fingerprint density at radius 3 is 2.72 bits per heavy atom. The van der Waals surface area contributed by atoms with Crippen LogP contribution in [0.5, 0.6) is 0 Å². The molecule has 100 valence electrons. The van der Waals surface area contributed by atoms with Gasteiger partial charge in [0.1, 0.15) is 5.69 Å². The second kappa shape index (κ2) is 5.77. The Hall–Kier alpha value is -1.69. The Balaban J connectivity index is 2.80. The molecule has 0 unspecified atom stereocenters. The van der Waals surface area contributed by atoms with E-state index >= 15 is 0 Å². The zero-order valence-corrected chi connectivity index (χ0v) is 10.9. The maximum Gasteiger partial charge on any atom is 0.271 e. The number of hydrogen-bond acceptors (Lipinski definition) is 4. The summed E-state index contributed by atoms with van der Waals surface area (Å²) in [5.41, 5.74) is -1.03. The number of aliphatic hydroxyl groups is 1. The summed E-state index contributed by atoms with van der Waals surface area (Å²) >= 11 is 0. The lowest BCUT2D eigenvalue weighted by Crippen LogP contribution is -2.39. The molecule has 0 atom stereocenters.